The van der Waals surface area contributed by atoms with E-state index < -0.39 is 0 Å². The largest absolute Gasteiger partial charge is 0.385 e. The summed E-state index contributed by atoms with van der Waals surface area (Å²) in [7, 11) is 0. The lowest BCUT2D eigenvalue weighted by atomic mass is 9.97. The van der Waals surface area contributed by atoms with Crippen LogP contribution in [0.25, 0.3) is 0 Å². The van der Waals surface area contributed by atoms with E-state index in [2.05, 4.69) is 24.0 Å². The van der Waals surface area contributed by atoms with Crippen molar-refractivity contribution < 1.29 is 0 Å². The summed E-state index contributed by atoms with van der Waals surface area (Å²) in [5.41, 5.74) is 9.88. The van der Waals surface area contributed by atoms with Gasteiger partial charge in [-0.2, -0.15) is 0 Å². The molecule has 0 saturated heterocycles. The molecule has 16 heavy (non-hydrogen) atoms. The van der Waals surface area contributed by atoms with E-state index in [9.17, 15) is 0 Å². The SMILES string of the molecule is CC.Cc1cc2c(s1)Cc1cc(N)[nH]c1C2. The average molecular weight is 234 g/mol. The van der Waals surface area contributed by atoms with Gasteiger partial charge >= 0.3 is 0 Å². The van der Waals surface area contributed by atoms with E-state index in [-0.39, 0.29) is 0 Å². The van der Waals surface area contributed by atoms with Crippen LogP contribution in [0.1, 0.15) is 40.4 Å². The van der Waals surface area contributed by atoms with Crippen LogP contribution in [0.4, 0.5) is 5.82 Å². The molecule has 0 spiro atoms. The minimum atomic E-state index is 0.793. The summed E-state index contributed by atoms with van der Waals surface area (Å²) in [5.74, 6) is 0.793. The first-order chi connectivity index (χ1) is 7.72. The van der Waals surface area contributed by atoms with Crippen molar-refractivity contribution in [1.29, 1.82) is 0 Å². The average Bonchev–Trinajstić information content (AvgIpc) is 2.76. The molecule has 86 valence electrons. The van der Waals surface area contributed by atoms with Gasteiger partial charge in [0.1, 0.15) is 5.82 Å². The number of H-pyrrole nitrogens is 1. The Kier molecular flexibility index (Phi) is 3.06. The molecule has 0 fully saturated rings. The molecule has 0 amide bonds. The quantitative estimate of drug-likeness (QED) is 0.614. The number of aromatic nitrogens is 1. The van der Waals surface area contributed by atoms with Gasteiger partial charge < -0.3 is 10.7 Å². The number of aryl methyl sites for hydroxylation is 1. The van der Waals surface area contributed by atoms with Crippen molar-refractivity contribution in [3.63, 3.8) is 0 Å². The molecule has 2 nitrogen and oxygen atoms in total. The molecule has 0 radical (unpaired) electrons. The Balaban J connectivity index is 0.000000457. The van der Waals surface area contributed by atoms with Gasteiger partial charge in [0.25, 0.3) is 0 Å². The Hall–Kier alpha value is -1.22. The Labute approximate surface area is 101 Å². The Morgan fingerprint density at radius 1 is 1.19 bits per heavy atom. The summed E-state index contributed by atoms with van der Waals surface area (Å²) in [6.07, 6.45) is 2.07. The van der Waals surface area contributed by atoms with E-state index in [1.807, 2.05) is 25.2 Å². The van der Waals surface area contributed by atoms with Crippen molar-refractivity contribution in [1.82, 2.24) is 4.98 Å². The van der Waals surface area contributed by atoms with Crippen molar-refractivity contribution >= 4 is 17.2 Å². The number of hydrogen-bond acceptors (Lipinski definition) is 2. The van der Waals surface area contributed by atoms with Crippen molar-refractivity contribution in [3.8, 4) is 0 Å². The minimum Gasteiger partial charge on any atom is -0.385 e. The van der Waals surface area contributed by atoms with Crippen LogP contribution in [-0.4, -0.2) is 4.98 Å². The highest BCUT2D eigenvalue weighted by Gasteiger charge is 2.18. The molecule has 2 aromatic rings. The van der Waals surface area contributed by atoms with Crippen molar-refractivity contribution in [3.05, 3.63) is 38.7 Å². The third-order valence-corrected chi connectivity index (χ3v) is 3.84. The molecule has 0 bridgehead atoms. The topological polar surface area (TPSA) is 41.8 Å². The zero-order chi connectivity index (χ0) is 11.7. The van der Waals surface area contributed by atoms with Crippen LogP contribution in [-0.2, 0) is 12.8 Å². The first-order valence-corrected chi connectivity index (χ1v) is 6.58. The lowest BCUT2D eigenvalue weighted by Gasteiger charge is -2.10. The molecule has 0 aliphatic heterocycles. The third-order valence-electron chi connectivity index (χ3n) is 2.75. The standard InChI is InChI=1S/C11H12N2S.C2H6/c1-6-2-8-3-9-7(4-10(8)14-6)5-11(12)13-9;1-2/h2,5,13H,3-4,12H2,1H3;1-2H3. The molecule has 1 aliphatic carbocycles. The molecule has 2 aromatic heterocycles. The number of rotatable bonds is 0. The Morgan fingerprint density at radius 3 is 2.69 bits per heavy atom. The highest BCUT2D eigenvalue weighted by Crippen LogP contribution is 2.33. The zero-order valence-electron chi connectivity index (χ0n) is 10.1. The third kappa shape index (κ3) is 1.87. The number of nitrogens with two attached hydrogens (primary N) is 1. The number of anilines is 1. The summed E-state index contributed by atoms with van der Waals surface area (Å²) in [4.78, 5) is 6.15. The highest BCUT2D eigenvalue weighted by molar-refractivity contribution is 7.12. The van der Waals surface area contributed by atoms with Crippen molar-refractivity contribution in [2.24, 2.45) is 0 Å². The summed E-state index contributed by atoms with van der Waals surface area (Å²) < 4.78 is 0. The summed E-state index contributed by atoms with van der Waals surface area (Å²) in [6.45, 7) is 6.17. The Bertz CT molecular complexity index is 409. The molecule has 1 aliphatic rings. The second kappa shape index (κ2) is 4.34. The normalized spacial score (nSPS) is 12.4. The summed E-state index contributed by atoms with van der Waals surface area (Å²) in [5, 5.41) is 0. The maximum Gasteiger partial charge on any atom is 0.101 e. The molecular weight excluding hydrogens is 216 g/mol. The molecule has 3 rings (SSSR count). The van der Waals surface area contributed by atoms with E-state index in [1.165, 1.54) is 26.6 Å². The van der Waals surface area contributed by atoms with Gasteiger partial charge in [-0.05, 0) is 30.2 Å². The molecule has 3 heteroatoms. The van der Waals surface area contributed by atoms with Crippen LogP contribution in [0.15, 0.2) is 12.1 Å². The van der Waals surface area contributed by atoms with Crippen LogP contribution in [0.2, 0.25) is 0 Å². The van der Waals surface area contributed by atoms with Crippen LogP contribution < -0.4 is 5.73 Å². The molecule has 3 N–H and O–H groups in total. The first-order valence-electron chi connectivity index (χ1n) is 5.77. The highest BCUT2D eigenvalue weighted by atomic mass is 32.1. The van der Waals surface area contributed by atoms with Gasteiger partial charge in [-0.25, -0.2) is 0 Å². The molecule has 0 atom stereocenters. The van der Waals surface area contributed by atoms with Gasteiger partial charge in [-0.1, -0.05) is 13.8 Å². The van der Waals surface area contributed by atoms with Crippen LogP contribution in [0.3, 0.4) is 0 Å². The van der Waals surface area contributed by atoms with Crippen LogP contribution >= 0.6 is 11.3 Å². The van der Waals surface area contributed by atoms with Gasteiger partial charge in [-0.3, -0.25) is 0 Å². The molecular formula is C13H18N2S. The van der Waals surface area contributed by atoms with Crippen LogP contribution in [0, 0.1) is 6.92 Å². The monoisotopic (exact) mass is 234 g/mol. The van der Waals surface area contributed by atoms with E-state index in [4.69, 9.17) is 5.73 Å². The predicted molar refractivity (Wildman–Crippen MR) is 71.2 cm³/mol. The second-order valence-corrected chi connectivity index (χ2v) is 5.23. The van der Waals surface area contributed by atoms with Gasteiger partial charge in [0.15, 0.2) is 0 Å². The number of thiophene rings is 1. The van der Waals surface area contributed by atoms with E-state index >= 15 is 0 Å². The van der Waals surface area contributed by atoms with E-state index in [1.54, 1.807) is 0 Å². The lowest BCUT2D eigenvalue weighted by Crippen LogP contribution is -2.02. The van der Waals surface area contributed by atoms with E-state index in [0.717, 1.165) is 18.7 Å². The number of fused-ring (bicyclic) bond motifs is 2. The summed E-state index contributed by atoms with van der Waals surface area (Å²) >= 11 is 1.91. The summed E-state index contributed by atoms with van der Waals surface area (Å²) in [6, 6.07) is 4.35. The lowest BCUT2D eigenvalue weighted by molar-refractivity contribution is 0.999. The number of aromatic amines is 1. The van der Waals surface area contributed by atoms with Gasteiger partial charge in [0.05, 0.1) is 0 Å². The van der Waals surface area contributed by atoms with Gasteiger partial charge in [0.2, 0.25) is 0 Å². The fourth-order valence-corrected chi connectivity index (χ4v) is 3.24. The fourth-order valence-electron chi connectivity index (χ4n) is 2.16. The Morgan fingerprint density at radius 2 is 1.94 bits per heavy atom. The van der Waals surface area contributed by atoms with Crippen molar-refractivity contribution in [2.45, 2.75) is 33.6 Å². The minimum absolute atomic E-state index is 0.793. The van der Waals surface area contributed by atoms with Gasteiger partial charge in [-0.15, -0.1) is 11.3 Å². The predicted octanol–water partition coefficient (Wildman–Crippen LogP) is 3.49. The zero-order valence-corrected chi connectivity index (χ0v) is 10.9. The molecule has 0 aromatic carbocycles. The number of hydrogen-bond donors (Lipinski definition) is 2. The fraction of sp³-hybridized carbons (Fsp3) is 0.385. The number of nitrogen functional groups attached to an aromatic ring is 1. The maximum atomic E-state index is 5.74. The molecule has 0 saturated carbocycles. The molecule has 2 heterocycles. The maximum absolute atomic E-state index is 5.74. The van der Waals surface area contributed by atoms with Crippen LogP contribution in [0.5, 0.6) is 0 Å². The van der Waals surface area contributed by atoms with Crippen molar-refractivity contribution in [2.75, 3.05) is 5.73 Å². The van der Waals surface area contributed by atoms with E-state index in [0.29, 0.717) is 0 Å². The smallest absolute Gasteiger partial charge is 0.101 e. The second-order valence-electron chi connectivity index (χ2n) is 3.89. The molecule has 0 unspecified atom stereocenters. The number of nitrogens with one attached hydrogen (secondary N) is 1. The van der Waals surface area contributed by atoms with Gasteiger partial charge in [0, 0.05) is 28.3 Å². The first kappa shape index (κ1) is 11.3.